The smallest absolute Gasteiger partial charge is 0.255 e. The zero-order chi connectivity index (χ0) is 18.2. The van der Waals surface area contributed by atoms with Crippen LogP contribution in [-0.2, 0) is 10.0 Å². The molecule has 1 aliphatic carbocycles. The Morgan fingerprint density at radius 1 is 0.960 bits per heavy atom. The average molecular weight is 420 g/mol. The Bertz CT molecular complexity index is 944. The van der Waals surface area contributed by atoms with Gasteiger partial charge in [0, 0.05) is 17.3 Å². The van der Waals surface area contributed by atoms with Gasteiger partial charge in [-0.2, -0.15) is 0 Å². The van der Waals surface area contributed by atoms with Gasteiger partial charge in [-0.05, 0) is 49.2 Å². The molecule has 2 aromatic rings. The van der Waals surface area contributed by atoms with Crippen LogP contribution in [0.2, 0.25) is 15.1 Å². The van der Waals surface area contributed by atoms with Crippen molar-refractivity contribution in [2.24, 2.45) is 0 Å². The van der Waals surface area contributed by atoms with Crippen LogP contribution in [0.4, 0.5) is 5.69 Å². The molecule has 132 valence electrons. The lowest BCUT2D eigenvalue weighted by Crippen LogP contribution is -2.26. The molecule has 0 aromatic heterocycles. The van der Waals surface area contributed by atoms with Crippen molar-refractivity contribution in [1.82, 2.24) is 4.72 Å². The van der Waals surface area contributed by atoms with Gasteiger partial charge in [0.05, 0.1) is 15.1 Å². The number of nitrogens with one attached hydrogen (secondary N) is 2. The third-order valence-corrected chi connectivity index (χ3v) is 6.30. The van der Waals surface area contributed by atoms with Crippen LogP contribution in [0.5, 0.6) is 0 Å². The van der Waals surface area contributed by atoms with E-state index in [1.807, 2.05) is 0 Å². The second-order valence-electron chi connectivity index (χ2n) is 5.62. The molecule has 9 heteroatoms. The van der Waals surface area contributed by atoms with Gasteiger partial charge < -0.3 is 5.32 Å². The Morgan fingerprint density at radius 2 is 1.64 bits per heavy atom. The Labute approximate surface area is 160 Å². The zero-order valence-electron chi connectivity index (χ0n) is 12.7. The van der Waals surface area contributed by atoms with Gasteiger partial charge in [0.15, 0.2) is 0 Å². The van der Waals surface area contributed by atoms with E-state index in [9.17, 15) is 13.2 Å². The fourth-order valence-electron chi connectivity index (χ4n) is 2.11. The summed E-state index contributed by atoms with van der Waals surface area (Å²) in [6.45, 7) is 0. The number of benzene rings is 2. The van der Waals surface area contributed by atoms with Gasteiger partial charge in [-0.15, -0.1) is 0 Å². The molecular formula is C16H13Cl3N2O3S. The molecule has 1 aliphatic rings. The summed E-state index contributed by atoms with van der Waals surface area (Å²) in [6, 6.07) is 8.67. The van der Waals surface area contributed by atoms with Crippen molar-refractivity contribution in [3.8, 4) is 0 Å². The van der Waals surface area contributed by atoms with Crippen LogP contribution < -0.4 is 10.0 Å². The molecule has 0 radical (unpaired) electrons. The second-order valence-corrected chi connectivity index (χ2v) is 8.53. The summed E-state index contributed by atoms with van der Waals surface area (Å²) in [4.78, 5) is 12.3. The fourth-order valence-corrected chi connectivity index (χ4v) is 4.24. The van der Waals surface area contributed by atoms with Gasteiger partial charge in [0.1, 0.15) is 4.90 Å². The summed E-state index contributed by atoms with van der Waals surface area (Å²) in [7, 11) is -3.77. The van der Waals surface area contributed by atoms with Crippen LogP contribution in [0.15, 0.2) is 41.3 Å². The molecule has 3 rings (SSSR count). The molecular weight excluding hydrogens is 407 g/mol. The topological polar surface area (TPSA) is 75.3 Å². The Balaban J connectivity index is 1.85. The van der Waals surface area contributed by atoms with Crippen molar-refractivity contribution < 1.29 is 13.2 Å². The lowest BCUT2D eigenvalue weighted by molar-refractivity contribution is 0.102. The van der Waals surface area contributed by atoms with Gasteiger partial charge >= 0.3 is 0 Å². The summed E-state index contributed by atoms with van der Waals surface area (Å²) >= 11 is 17.8. The lowest BCUT2D eigenvalue weighted by atomic mass is 10.2. The minimum atomic E-state index is -3.77. The number of sulfonamides is 1. The van der Waals surface area contributed by atoms with Crippen molar-refractivity contribution >= 4 is 56.4 Å². The molecule has 0 spiro atoms. The maximum absolute atomic E-state index is 12.4. The van der Waals surface area contributed by atoms with Gasteiger partial charge in [0.25, 0.3) is 5.91 Å². The third-order valence-electron chi connectivity index (χ3n) is 3.56. The highest BCUT2D eigenvalue weighted by Gasteiger charge is 2.29. The molecule has 25 heavy (non-hydrogen) atoms. The number of halogens is 3. The van der Waals surface area contributed by atoms with Crippen LogP contribution in [-0.4, -0.2) is 20.4 Å². The minimum absolute atomic E-state index is 0.0548. The van der Waals surface area contributed by atoms with E-state index < -0.39 is 15.9 Å². The first-order valence-electron chi connectivity index (χ1n) is 7.34. The largest absolute Gasteiger partial charge is 0.322 e. The quantitative estimate of drug-likeness (QED) is 0.757. The molecule has 1 saturated carbocycles. The summed E-state index contributed by atoms with van der Waals surface area (Å²) in [5.41, 5.74) is 0.599. The van der Waals surface area contributed by atoms with Gasteiger partial charge in [-0.3, -0.25) is 4.79 Å². The molecule has 0 atom stereocenters. The van der Waals surface area contributed by atoms with Crippen molar-refractivity contribution in [2.75, 3.05) is 5.32 Å². The molecule has 0 unspecified atom stereocenters. The number of anilines is 1. The van der Waals surface area contributed by atoms with E-state index in [1.54, 1.807) is 12.1 Å². The van der Waals surface area contributed by atoms with Crippen molar-refractivity contribution in [3.05, 3.63) is 57.0 Å². The van der Waals surface area contributed by atoms with Crippen LogP contribution in [0.3, 0.4) is 0 Å². The Kier molecular flexibility index (Phi) is 5.27. The minimum Gasteiger partial charge on any atom is -0.322 e. The van der Waals surface area contributed by atoms with E-state index >= 15 is 0 Å². The summed E-state index contributed by atoms with van der Waals surface area (Å²) in [6.07, 6.45) is 1.60. The van der Waals surface area contributed by atoms with E-state index in [4.69, 9.17) is 34.8 Å². The predicted molar refractivity (Wildman–Crippen MR) is 99.2 cm³/mol. The van der Waals surface area contributed by atoms with Gasteiger partial charge in [0.2, 0.25) is 10.0 Å². The van der Waals surface area contributed by atoms with E-state index in [1.165, 1.54) is 24.3 Å². The first-order valence-corrected chi connectivity index (χ1v) is 9.96. The monoisotopic (exact) mass is 418 g/mol. The number of hydrogen-bond donors (Lipinski definition) is 2. The highest BCUT2D eigenvalue weighted by molar-refractivity contribution is 7.89. The summed E-state index contributed by atoms with van der Waals surface area (Å²) in [5, 5.41) is 3.36. The van der Waals surface area contributed by atoms with Crippen LogP contribution in [0.25, 0.3) is 0 Å². The zero-order valence-corrected chi connectivity index (χ0v) is 15.8. The number of amides is 1. The number of hydrogen-bond acceptors (Lipinski definition) is 3. The number of carbonyl (C=O) groups excluding carboxylic acids is 1. The molecule has 0 aliphatic heterocycles. The third kappa shape index (κ3) is 4.46. The normalized spacial score (nSPS) is 14.4. The van der Waals surface area contributed by atoms with Gasteiger partial charge in [-0.25, -0.2) is 13.1 Å². The van der Waals surface area contributed by atoms with Crippen molar-refractivity contribution in [2.45, 2.75) is 23.8 Å². The molecule has 2 N–H and O–H groups in total. The van der Waals surface area contributed by atoms with Crippen LogP contribution in [0.1, 0.15) is 23.2 Å². The standard InChI is InChI=1S/C16H13Cl3N2O3S/c17-12-6-4-11(8-14(12)19)20-16(22)9-1-5-13(18)15(7-9)25(23,24)21-10-2-3-10/h1,4-8,10,21H,2-3H2,(H,20,22). The van der Waals surface area contributed by atoms with Gasteiger partial charge in [-0.1, -0.05) is 34.8 Å². The first-order chi connectivity index (χ1) is 11.8. The lowest BCUT2D eigenvalue weighted by Gasteiger charge is -2.10. The average Bonchev–Trinajstić information content (AvgIpc) is 3.34. The molecule has 0 bridgehead atoms. The second kappa shape index (κ2) is 7.13. The highest BCUT2D eigenvalue weighted by Crippen LogP contribution is 2.28. The van der Waals surface area contributed by atoms with E-state index in [0.29, 0.717) is 15.7 Å². The highest BCUT2D eigenvalue weighted by atomic mass is 35.5. The van der Waals surface area contributed by atoms with Crippen LogP contribution in [0, 0.1) is 0 Å². The van der Waals surface area contributed by atoms with E-state index in [0.717, 1.165) is 12.8 Å². The predicted octanol–water partition coefficient (Wildman–Crippen LogP) is 4.34. The van der Waals surface area contributed by atoms with Crippen LogP contribution >= 0.6 is 34.8 Å². The fraction of sp³-hybridized carbons (Fsp3) is 0.188. The molecule has 0 heterocycles. The SMILES string of the molecule is O=C(Nc1ccc(Cl)c(Cl)c1)c1ccc(Cl)c(S(=O)(=O)NC2CC2)c1. The molecule has 1 amide bonds. The molecule has 1 fully saturated rings. The number of carbonyl (C=O) groups is 1. The summed E-state index contributed by atoms with van der Waals surface area (Å²) in [5.74, 6) is -0.488. The molecule has 5 nitrogen and oxygen atoms in total. The molecule has 0 saturated heterocycles. The number of rotatable bonds is 5. The maximum atomic E-state index is 12.4. The summed E-state index contributed by atoms with van der Waals surface area (Å²) < 4.78 is 27.3. The van der Waals surface area contributed by atoms with E-state index in [2.05, 4.69) is 10.0 Å². The Hall–Kier alpha value is -1.31. The van der Waals surface area contributed by atoms with E-state index in [-0.39, 0.29) is 21.5 Å². The maximum Gasteiger partial charge on any atom is 0.255 e. The van der Waals surface area contributed by atoms with Crippen molar-refractivity contribution in [3.63, 3.8) is 0 Å². The first kappa shape index (κ1) is 18.5. The van der Waals surface area contributed by atoms with Crippen molar-refractivity contribution in [1.29, 1.82) is 0 Å². The Morgan fingerprint density at radius 3 is 2.28 bits per heavy atom. The molecule has 2 aromatic carbocycles.